The number of alkyl carbamates (subject to hydrolysis) is 1. The molecule has 4 atom stereocenters. The smallest absolute Gasteiger partial charge is 0.408 e. The molecule has 0 spiro atoms. The number of rotatable bonds is 6. The van der Waals surface area contributed by atoms with Crippen LogP contribution in [0.15, 0.2) is 25.3 Å². The van der Waals surface area contributed by atoms with E-state index in [2.05, 4.69) is 29.1 Å². The van der Waals surface area contributed by atoms with E-state index in [0.29, 0.717) is 32.2 Å². The second kappa shape index (κ2) is 15.4. The van der Waals surface area contributed by atoms with E-state index in [-0.39, 0.29) is 18.4 Å². The lowest BCUT2D eigenvalue weighted by atomic mass is 9.96. The first-order valence-corrected chi connectivity index (χ1v) is 14.1. The summed E-state index contributed by atoms with van der Waals surface area (Å²) in [5.74, 6) is -2.72. The first-order chi connectivity index (χ1) is 18.5. The van der Waals surface area contributed by atoms with Gasteiger partial charge in [0.25, 0.3) is 5.91 Å². The SMILES string of the molecule is C=CCNC(=O)C(=O)[C@@H]1CCCCCCCCC[C@H](NC(=O)OC(C)(C)C)C(=O)N2CC[C@H](C=C)[C@H]2C(=O)N1. The summed E-state index contributed by atoms with van der Waals surface area (Å²) in [5, 5.41) is 7.98. The number of ether oxygens (including phenoxy) is 1. The number of Topliss-reactive ketones (excluding diaryl/α,β-unsaturated/α-hetero) is 1. The van der Waals surface area contributed by atoms with Crippen LogP contribution in [0.1, 0.15) is 85.0 Å². The second-order valence-corrected chi connectivity index (χ2v) is 11.3. The van der Waals surface area contributed by atoms with E-state index in [1.54, 1.807) is 26.8 Å². The van der Waals surface area contributed by atoms with Crippen molar-refractivity contribution in [3.63, 3.8) is 0 Å². The quantitative estimate of drug-likeness (QED) is 0.346. The number of hydrogen-bond acceptors (Lipinski definition) is 6. The van der Waals surface area contributed by atoms with Gasteiger partial charge in [-0.3, -0.25) is 19.2 Å². The van der Waals surface area contributed by atoms with Crippen LogP contribution in [0.4, 0.5) is 4.79 Å². The van der Waals surface area contributed by atoms with Gasteiger partial charge in [-0.05, 0) is 40.0 Å². The van der Waals surface area contributed by atoms with E-state index in [4.69, 9.17) is 4.74 Å². The zero-order chi connectivity index (χ0) is 29.0. The molecule has 0 radical (unpaired) electrons. The fourth-order valence-corrected chi connectivity index (χ4v) is 5.07. The maximum atomic E-state index is 13.8. The lowest BCUT2D eigenvalue weighted by Gasteiger charge is -2.31. The van der Waals surface area contributed by atoms with Crippen molar-refractivity contribution in [2.45, 2.75) is 109 Å². The lowest BCUT2D eigenvalue weighted by molar-refractivity contribution is -0.143. The summed E-state index contributed by atoms with van der Waals surface area (Å²) in [6.07, 6.45) is 9.86. The van der Waals surface area contributed by atoms with Crippen LogP contribution in [0, 0.1) is 5.92 Å². The topological polar surface area (TPSA) is 134 Å². The fourth-order valence-electron chi connectivity index (χ4n) is 5.07. The van der Waals surface area contributed by atoms with Crippen molar-refractivity contribution in [3.05, 3.63) is 25.3 Å². The Kier molecular flexibility index (Phi) is 12.7. The Labute approximate surface area is 232 Å². The van der Waals surface area contributed by atoms with Crippen molar-refractivity contribution >= 4 is 29.6 Å². The van der Waals surface area contributed by atoms with Crippen LogP contribution in [-0.2, 0) is 23.9 Å². The summed E-state index contributed by atoms with van der Waals surface area (Å²) in [6.45, 7) is 13.1. The molecule has 2 heterocycles. The monoisotopic (exact) mass is 546 g/mol. The van der Waals surface area contributed by atoms with Gasteiger partial charge in [0.2, 0.25) is 17.6 Å². The van der Waals surface area contributed by atoms with Gasteiger partial charge in [0.05, 0.1) is 6.04 Å². The van der Waals surface area contributed by atoms with E-state index in [0.717, 1.165) is 38.5 Å². The van der Waals surface area contributed by atoms with Crippen molar-refractivity contribution in [1.29, 1.82) is 0 Å². The Balaban J connectivity index is 2.32. The van der Waals surface area contributed by atoms with Gasteiger partial charge in [0.1, 0.15) is 17.7 Å². The minimum atomic E-state index is -1.01. The van der Waals surface area contributed by atoms with Crippen LogP contribution in [-0.4, -0.2) is 71.3 Å². The highest BCUT2D eigenvalue weighted by atomic mass is 16.6. The number of carbonyl (C=O) groups excluding carboxylic acids is 5. The molecule has 0 aromatic carbocycles. The standard InChI is InChI=1S/C29H46N4O6/c1-6-18-30-26(36)24(34)21-15-13-11-9-8-10-12-14-16-22(32-28(38)39-29(3,4)5)27(37)33-19-17-20(7-2)23(33)25(35)31-21/h6-7,20-23H,1-2,8-19H2,3-5H3,(H,30,36)(H,31,35)(H,32,38)/t20-,21-,22-,23-/m0/s1. The molecule has 218 valence electrons. The molecule has 2 saturated heterocycles. The molecule has 0 bridgehead atoms. The highest BCUT2D eigenvalue weighted by Gasteiger charge is 2.44. The van der Waals surface area contributed by atoms with Crippen LogP contribution >= 0.6 is 0 Å². The van der Waals surface area contributed by atoms with Gasteiger partial charge >= 0.3 is 6.09 Å². The Bertz CT molecular complexity index is 912. The summed E-state index contributed by atoms with van der Waals surface area (Å²) in [6, 6.07) is -2.76. The van der Waals surface area contributed by atoms with Gasteiger partial charge in [0, 0.05) is 19.0 Å². The van der Waals surface area contributed by atoms with Crippen molar-refractivity contribution in [1.82, 2.24) is 20.9 Å². The number of carbonyl (C=O) groups is 5. The Morgan fingerprint density at radius 3 is 2.21 bits per heavy atom. The molecule has 0 aromatic rings. The molecule has 10 nitrogen and oxygen atoms in total. The number of nitrogens with zero attached hydrogens (tertiary/aromatic N) is 1. The molecule has 2 fully saturated rings. The van der Waals surface area contributed by atoms with Gasteiger partial charge in [-0.2, -0.15) is 0 Å². The second-order valence-electron chi connectivity index (χ2n) is 11.3. The molecule has 0 aromatic heterocycles. The third kappa shape index (κ3) is 10.1. The number of nitrogens with one attached hydrogen (secondary N) is 3. The predicted octanol–water partition coefficient (Wildman–Crippen LogP) is 3.16. The van der Waals surface area contributed by atoms with Crippen LogP contribution in [0.5, 0.6) is 0 Å². The minimum Gasteiger partial charge on any atom is -0.444 e. The molecule has 0 saturated carbocycles. The highest BCUT2D eigenvalue weighted by Crippen LogP contribution is 2.28. The van der Waals surface area contributed by atoms with Crippen LogP contribution in [0.2, 0.25) is 0 Å². The number of amides is 4. The van der Waals surface area contributed by atoms with Gasteiger partial charge in [-0.15, -0.1) is 13.2 Å². The molecule has 2 aliphatic heterocycles. The Morgan fingerprint density at radius 2 is 1.62 bits per heavy atom. The first kappa shape index (κ1) is 32.0. The van der Waals surface area contributed by atoms with E-state index >= 15 is 0 Å². The minimum absolute atomic E-state index is 0.140. The molecule has 0 aliphatic carbocycles. The lowest BCUT2D eigenvalue weighted by Crippen LogP contribution is -2.57. The fraction of sp³-hybridized carbons (Fsp3) is 0.690. The molecule has 39 heavy (non-hydrogen) atoms. The third-order valence-corrected chi connectivity index (χ3v) is 7.04. The van der Waals surface area contributed by atoms with Crippen molar-refractivity contribution in [2.24, 2.45) is 5.92 Å². The molecule has 0 unspecified atom stereocenters. The van der Waals surface area contributed by atoms with E-state index < -0.39 is 47.4 Å². The van der Waals surface area contributed by atoms with Gasteiger partial charge in [-0.25, -0.2) is 4.79 Å². The summed E-state index contributed by atoms with van der Waals surface area (Å²) < 4.78 is 5.40. The van der Waals surface area contributed by atoms with Crippen LogP contribution in [0.25, 0.3) is 0 Å². The number of fused-ring (bicyclic) bond motifs is 1. The van der Waals surface area contributed by atoms with E-state index in [1.165, 1.54) is 11.0 Å². The van der Waals surface area contributed by atoms with Crippen molar-refractivity contribution in [2.75, 3.05) is 13.1 Å². The van der Waals surface area contributed by atoms with E-state index in [1.807, 2.05) is 0 Å². The highest BCUT2D eigenvalue weighted by molar-refractivity contribution is 6.38. The van der Waals surface area contributed by atoms with Crippen LogP contribution in [0.3, 0.4) is 0 Å². The molecular formula is C29H46N4O6. The Morgan fingerprint density at radius 1 is 1.00 bits per heavy atom. The summed E-state index contributed by atoms with van der Waals surface area (Å²) >= 11 is 0. The van der Waals surface area contributed by atoms with Gasteiger partial charge < -0.3 is 25.6 Å². The zero-order valence-corrected chi connectivity index (χ0v) is 23.8. The van der Waals surface area contributed by atoms with Gasteiger partial charge in [0.15, 0.2) is 0 Å². The van der Waals surface area contributed by atoms with Gasteiger partial charge in [-0.1, -0.05) is 57.1 Å². The van der Waals surface area contributed by atoms with E-state index in [9.17, 15) is 24.0 Å². The summed E-state index contributed by atoms with van der Waals surface area (Å²) in [5.41, 5.74) is -0.727. The molecular weight excluding hydrogens is 500 g/mol. The molecule has 10 heteroatoms. The zero-order valence-electron chi connectivity index (χ0n) is 23.8. The average molecular weight is 547 g/mol. The van der Waals surface area contributed by atoms with Crippen molar-refractivity contribution < 1.29 is 28.7 Å². The molecule has 2 rings (SSSR count). The Hall–Kier alpha value is -3.17. The molecule has 4 amide bonds. The first-order valence-electron chi connectivity index (χ1n) is 14.1. The maximum Gasteiger partial charge on any atom is 0.408 e. The molecule has 3 N–H and O–H groups in total. The third-order valence-electron chi connectivity index (χ3n) is 7.04. The number of ketones is 1. The largest absolute Gasteiger partial charge is 0.444 e. The normalized spacial score (nSPS) is 25.6. The predicted molar refractivity (Wildman–Crippen MR) is 149 cm³/mol. The average Bonchev–Trinajstić information content (AvgIpc) is 3.31. The van der Waals surface area contributed by atoms with Crippen LogP contribution < -0.4 is 16.0 Å². The summed E-state index contributed by atoms with van der Waals surface area (Å²) in [4.78, 5) is 66.8. The molecule has 2 aliphatic rings. The maximum absolute atomic E-state index is 13.8. The van der Waals surface area contributed by atoms with Crippen molar-refractivity contribution in [3.8, 4) is 0 Å². The summed E-state index contributed by atoms with van der Waals surface area (Å²) in [7, 11) is 0. The number of hydrogen-bond donors (Lipinski definition) is 3.